The van der Waals surface area contributed by atoms with Crippen LogP contribution in [0.25, 0.3) is 0 Å². The molecule has 0 amide bonds. The largest absolute Gasteiger partial charge is 0.376 e. The summed E-state index contributed by atoms with van der Waals surface area (Å²) in [6.45, 7) is 5.04. The first-order valence-corrected chi connectivity index (χ1v) is 7.62. The van der Waals surface area contributed by atoms with Gasteiger partial charge in [-0.15, -0.1) is 0 Å². The zero-order chi connectivity index (χ0) is 14.8. The Balaban J connectivity index is 1.64. The highest BCUT2D eigenvalue weighted by atomic mass is 16.5. The predicted octanol–water partition coefficient (Wildman–Crippen LogP) is 4.45. The minimum absolute atomic E-state index is 0.456. The van der Waals surface area contributed by atoms with E-state index >= 15 is 0 Å². The molecule has 0 aliphatic heterocycles. The maximum atomic E-state index is 5.80. The average Bonchev–Trinajstić information content (AvgIpc) is 2.55. The van der Waals surface area contributed by atoms with Gasteiger partial charge in [-0.1, -0.05) is 67.6 Å². The van der Waals surface area contributed by atoms with E-state index in [1.807, 2.05) is 36.4 Å². The average molecular weight is 284 g/mol. The first-order chi connectivity index (χ1) is 10.4. The molecule has 2 aromatic rings. The van der Waals surface area contributed by atoms with Crippen molar-refractivity contribution in [2.75, 3.05) is 13.2 Å². The molecule has 0 fully saturated rings. The normalized spacial score (nSPS) is 11.0. The van der Waals surface area contributed by atoms with Crippen molar-refractivity contribution in [3.05, 3.63) is 71.8 Å². The van der Waals surface area contributed by atoms with Crippen LogP contribution in [0.5, 0.6) is 0 Å². The molecule has 0 aliphatic carbocycles. The molecular formula is C19H24O2. The van der Waals surface area contributed by atoms with Gasteiger partial charge in [-0.2, -0.15) is 0 Å². The van der Waals surface area contributed by atoms with Gasteiger partial charge < -0.3 is 9.47 Å². The van der Waals surface area contributed by atoms with Gasteiger partial charge in [0.2, 0.25) is 0 Å². The van der Waals surface area contributed by atoms with Crippen LogP contribution < -0.4 is 0 Å². The summed E-state index contributed by atoms with van der Waals surface area (Å²) in [5.41, 5.74) is 2.44. The molecule has 0 bridgehead atoms. The lowest BCUT2D eigenvalue weighted by Crippen LogP contribution is -2.15. The van der Waals surface area contributed by atoms with Crippen LogP contribution in [-0.2, 0) is 22.7 Å². The predicted molar refractivity (Wildman–Crippen MR) is 86.0 cm³/mol. The lowest BCUT2D eigenvalue weighted by molar-refractivity contribution is 0.0257. The smallest absolute Gasteiger partial charge is 0.0717 e. The SMILES string of the molecule is CCC(COCc1ccccc1)COCc1ccccc1. The zero-order valence-corrected chi connectivity index (χ0v) is 12.7. The van der Waals surface area contributed by atoms with E-state index in [-0.39, 0.29) is 0 Å². The molecule has 0 aliphatic rings. The third-order valence-electron chi connectivity index (χ3n) is 3.51. The van der Waals surface area contributed by atoms with Crippen molar-refractivity contribution in [3.8, 4) is 0 Å². The Bertz CT molecular complexity index is 436. The summed E-state index contributed by atoms with van der Waals surface area (Å²) in [4.78, 5) is 0. The van der Waals surface area contributed by atoms with Gasteiger partial charge in [0, 0.05) is 5.92 Å². The third-order valence-corrected chi connectivity index (χ3v) is 3.51. The highest BCUT2D eigenvalue weighted by Crippen LogP contribution is 2.09. The van der Waals surface area contributed by atoms with Crippen LogP contribution in [0, 0.1) is 5.92 Å². The summed E-state index contributed by atoms with van der Waals surface area (Å²) in [5, 5.41) is 0. The van der Waals surface area contributed by atoms with Gasteiger partial charge in [0.25, 0.3) is 0 Å². The molecule has 0 N–H and O–H groups in total. The van der Waals surface area contributed by atoms with Crippen molar-refractivity contribution >= 4 is 0 Å². The Morgan fingerprint density at radius 1 is 0.714 bits per heavy atom. The number of hydrogen-bond acceptors (Lipinski definition) is 2. The Hall–Kier alpha value is -1.64. The van der Waals surface area contributed by atoms with Crippen molar-refractivity contribution < 1.29 is 9.47 Å². The minimum Gasteiger partial charge on any atom is -0.376 e. The van der Waals surface area contributed by atoms with Gasteiger partial charge in [-0.3, -0.25) is 0 Å². The second kappa shape index (κ2) is 9.32. The highest BCUT2D eigenvalue weighted by Gasteiger charge is 2.07. The number of benzene rings is 2. The summed E-state index contributed by atoms with van der Waals surface area (Å²) in [7, 11) is 0. The van der Waals surface area contributed by atoms with Gasteiger partial charge in [0.05, 0.1) is 26.4 Å². The van der Waals surface area contributed by atoms with Crippen LogP contribution in [0.1, 0.15) is 24.5 Å². The maximum Gasteiger partial charge on any atom is 0.0717 e. The van der Waals surface area contributed by atoms with Crippen molar-refractivity contribution in [1.82, 2.24) is 0 Å². The lowest BCUT2D eigenvalue weighted by atomic mass is 10.1. The fourth-order valence-corrected chi connectivity index (χ4v) is 2.12. The molecule has 0 saturated carbocycles. The number of rotatable bonds is 9. The fourth-order valence-electron chi connectivity index (χ4n) is 2.12. The second-order valence-corrected chi connectivity index (χ2v) is 5.28. The first kappa shape index (κ1) is 15.7. The number of ether oxygens (including phenoxy) is 2. The van der Waals surface area contributed by atoms with Crippen LogP contribution in [0.3, 0.4) is 0 Å². The van der Waals surface area contributed by atoms with Gasteiger partial charge in [0.1, 0.15) is 0 Å². The summed E-state index contributed by atoms with van der Waals surface area (Å²) in [6.07, 6.45) is 1.07. The molecular weight excluding hydrogens is 260 g/mol. The zero-order valence-electron chi connectivity index (χ0n) is 12.7. The molecule has 0 atom stereocenters. The van der Waals surface area contributed by atoms with Gasteiger partial charge in [-0.05, 0) is 17.5 Å². The Kier molecular flexibility index (Phi) is 6.99. The van der Waals surface area contributed by atoms with Crippen LogP contribution in [0.4, 0.5) is 0 Å². The second-order valence-electron chi connectivity index (χ2n) is 5.28. The third kappa shape index (κ3) is 6.11. The summed E-state index contributed by atoms with van der Waals surface area (Å²) >= 11 is 0. The minimum atomic E-state index is 0.456. The van der Waals surface area contributed by atoms with Crippen molar-refractivity contribution in [2.45, 2.75) is 26.6 Å². The summed E-state index contributed by atoms with van der Waals surface area (Å²) in [5.74, 6) is 0.456. The quantitative estimate of drug-likeness (QED) is 0.677. The van der Waals surface area contributed by atoms with Gasteiger partial charge in [-0.25, -0.2) is 0 Å². The van der Waals surface area contributed by atoms with E-state index in [9.17, 15) is 0 Å². The Morgan fingerprint density at radius 3 is 1.52 bits per heavy atom. The molecule has 0 saturated heterocycles. The molecule has 2 nitrogen and oxygen atoms in total. The first-order valence-electron chi connectivity index (χ1n) is 7.62. The molecule has 0 radical (unpaired) electrons. The van der Waals surface area contributed by atoms with Gasteiger partial charge in [0.15, 0.2) is 0 Å². The molecule has 2 heteroatoms. The van der Waals surface area contributed by atoms with E-state index in [0.29, 0.717) is 19.1 Å². The Morgan fingerprint density at radius 2 is 1.14 bits per heavy atom. The molecule has 2 aromatic carbocycles. The van der Waals surface area contributed by atoms with Crippen LogP contribution in [-0.4, -0.2) is 13.2 Å². The van der Waals surface area contributed by atoms with Crippen LogP contribution in [0.2, 0.25) is 0 Å². The van der Waals surface area contributed by atoms with Crippen molar-refractivity contribution in [1.29, 1.82) is 0 Å². The maximum absolute atomic E-state index is 5.80. The van der Waals surface area contributed by atoms with E-state index in [1.165, 1.54) is 11.1 Å². The van der Waals surface area contributed by atoms with E-state index in [4.69, 9.17) is 9.47 Å². The summed E-state index contributed by atoms with van der Waals surface area (Å²) < 4.78 is 11.6. The molecule has 2 rings (SSSR count). The van der Waals surface area contributed by atoms with E-state index in [2.05, 4.69) is 31.2 Å². The lowest BCUT2D eigenvalue weighted by Gasteiger charge is -2.15. The molecule has 0 spiro atoms. The van der Waals surface area contributed by atoms with Crippen LogP contribution in [0.15, 0.2) is 60.7 Å². The molecule has 21 heavy (non-hydrogen) atoms. The van der Waals surface area contributed by atoms with Crippen molar-refractivity contribution in [2.24, 2.45) is 5.92 Å². The molecule has 0 aromatic heterocycles. The van der Waals surface area contributed by atoms with Crippen molar-refractivity contribution in [3.63, 3.8) is 0 Å². The van der Waals surface area contributed by atoms with E-state index < -0.39 is 0 Å². The van der Waals surface area contributed by atoms with E-state index in [1.54, 1.807) is 0 Å². The Labute approximate surface area is 127 Å². The molecule has 0 heterocycles. The summed E-state index contributed by atoms with van der Waals surface area (Å²) in [6, 6.07) is 20.6. The van der Waals surface area contributed by atoms with Crippen LogP contribution >= 0.6 is 0 Å². The highest BCUT2D eigenvalue weighted by molar-refractivity contribution is 5.14. The molecule has 112 valence electrons. The van der Waals surface area contributed by atoms with E-state index in [0.717, 1.165) is 19.6 Å². The topological polar surface area (TPSA) is 18.5 Å². The number of hydrogen-bond donors (Lipinski definition) is 0. The van der Waals surface area contributed by atoms with Gasteiger partial charge >= 0.3 is 0 Å². The standard InChI is InChI=1S/C19H24O2/c1-2-17(13-20-15-18-9-5-3-6-10-18)14-21-16-19-11-7-4-8-12-19/h3-12,17H,2,13-16H2,1H3. The monoisotopic (exact) mass is 284 g/mol. The molecule has 0 unspecified atom stereocenters. The fraction of sp³-hybridized carbons (Fsp3) is 0.368.